The van der Waals surface area contributed by atoms with Crippen molar-refractivity contribution in [2.24, 2.45) is 0 Å². The molecule has 0 spiro atoms. The fraction of sp³-hybridized carbons (Fsp3) is 0.450. The van der Waals surface area contributed by atoms with Gasteiger partial charge in [-0.3, -0.25) is 24.6 Å². The number of carbonyl (C=O) groups excluding carboxylic acids is 2. The van der Waals surface area contributed by atoms with Crippen molar-refractivity contribution in [1.29, 1.82) is 0 Å². The molecule has 0 aliphatic carbocycles. The monoisotopic (exact) mass is 431 g/mol. The molecule has 0 saturated carbocycles. The van der Waals surface area contributed by atoms with Crippen molar-refractivity contribution < 1.29 is 14.5 Å². The number of nitrogens with zero attached hydrogens (tertiary/aromatic N) is 5. The lowest BCUT2D eigenvalue weighted by Crippen LogP contribution is -2.48. The van der Waals surface area contributed by atoms with Gasteiger partial charge in [-0.2, -0.15) is 0 Å². The number of nitro groups is 1. The summed E-state index contributed by atoms with van der Waals surface area (Å²) in [7, 11) is 3.45. The van der Waals surface area contributed by atoms with Crippen LogP contribution < -0.4 is 0 Å². The Bertz CT molecular complexity index is 980. The van der Waals surface area contributed by atoms with Gasteiger partial charge in [-0.1, -0.05) is 6.07 Å². The Hall–Kier alpha value is -2.85. The average Bonchev–Trinajstić information content (AvgIpc) is 3.07. The van der Waals surface area contributed by atoms with Gasteiger partial charge in [0.2, 0.25) is 0 Å². The van der Waals surface area contributed by atoms with Gasteiger partial charge in [-0.15, -0.1) is 11.3 Å². The summed E-state index contributed by atoms with van der Waals surface area (Å²) >= 11 is 1.41. The molecule has 30 heavy (non-hydrogen) atoms. The minimum absolute atomic E-state index is 0.0401. The summed E-state index contributed by atoms with van der Waals surface area (Å²) in [5.41, 5.74) is 1.47. The van der Waals surface area contributed by atoms with Gasteiger partial charge in [0.1, 0.15) is 9.88 Å². The van der Waals surface area contributed by atoms with Crippen LogP contribution in [0.5, 0.6) is 0 Å². The summed E-state index contributed by atoms with van der Waals surface area (Å²) in [6.45, 7) is 6.51. The number of carbonyl (C=O) groups is 2. The quantitative estimate of drug-likeness (QED) is 0.532. The lowest BCUT2D eigenvalue weighted by Gasteiger charge is -2.34. The van der Waals surface area contributed by atoms with Crippen LogP contribution in [0.2, 0.25) is 0 Å². The van der Waals surface area contributed by atoms with E-state index in [-0.39, 0.29) is 17.5 Å². The lowest BCUT2D eigenvalue weighted by molar-refractivity contribution is -0.385. The Morgan fingerprint density at radius 2 is 1.87 bits per heavy atom. The van der Waals surface area contributed by atoms with Gasteiger partial charge in [0.25, 0.3) is 17.5 Å². The highest BCUT2D eigenvalue weighted by atomic mass is 32.1. The molecule has 1 aromatic carbocycles. The van der Waals surface area contributed by atoms with E-state index in [0.717, 1.165) is 10.7 Å². The average molecular weight is 432 g/mol. The Labute approximate surface area is 179 Å². The second-order valence-corrected chi connectivity index (χ2v) is 8.58. The van der Waals surface area contributed by atoms with E-state index in [1.165, 1.54) is 17.4 Å². The van der Waals surface area contributed by atoms with Crippen LogP contribution in [0.4, 0.5) is 5.69 Å². The first-order valence-corrected chi connectivity index (χ1v) is 10.4. The fourth-order valence-electron chi connectivity index (χ4n) is 3.45. The van der Waals surface area contributed by atoms with E-state index in [2.05, 4.69) is 9.88 Å². The van der Waals surface area contributed by atoms with E-state index in [1.54, 1.807) is 43.0 Å². The van der Waals surface area contributed by atoms with Crippen molar-refractivity contribution >= 4 is 28.8 Å². The van der Waals surface area contributed by atoms with Crippen molar-refractivity contribution in [3.05, 3.63) is 55.0 Å². The highest BCUT2D eigenvalue weighted by Crippen LogP contribution is 2.24. The molecule has 1 fully saturated rings. The van der Waals surface area contributed by atoms with Crippen molar-refractivity contribution in [2.75, 3.05) is 40.3 Å². The SMILES string of the molecule is Cc1nc(CN2CCN(C(=O)c3cccc([N+](=O)[O-])c3C)CC2)sc1C(=O)N(C)C. The summed E-state index contributed by atoms with van der Waals surface area (Å²) in [6.07, 6.45) is 0. The maximum atomic E-state index is 12.9. The first-order chi connectivity index (χ1) is 14.2. The van der Waals surface area contributed by atoms with Gasteiger partial charge in [-0.05, 0) is 19.9 Å². The Morgan fingerprint density at radius 3 is 2.47 bits per heavy atom. The summed E-state index contributed by atoms with van der Waals surface area (Å²) in [6, 6.07) is 4.60. The largest absolute Gasteiger partial charge is 0.344 e. The number of hydrogen-bond acceptors (Lipinski definition) is 7. The molecule has 2 aromatic rings. The number of aromatic nitrogens is 1. The van der Waals surface area contributed by atoms with E-state index in [9.17, 15) is 19.7 Å². The zero-order valence-corrected chi connectivity index (χ0v) is 18.4. The minimum atomic E-state index is -0.463. The number of piperazine rings is 1. The van der Waals surface area contributed by atoms with E-state index in [0.29, 0.717) is 48.7 Å². The van der Waals surface area contributed by atoms with Crippen LogP contribution in [0.25, 0.3) is 0 Å². The molecule has 2 amide bonds. The summed E-state index contributed by atoms with van der Waals surface area (Å²) in [5, 5.41) is 12.0. The molecular weight excluding hydrogens is 406 g/mol. The maximum absolute atomic E-state index is 12.9. The number of amides is 2. The van der Waals surface area contributed by atoms with Gasteiger partial charge in [0.05, 0.1) is 17.2 Å². The van der Waals surface area contributed by atoms with Crippen LogP contribution in [-0.4, -0.2) is 76.7 Å². The first-order valence-electron chi connectivity index (χ1n) is 9.62. The molecule has 160 valence electrons. The molecule has 0 N–H and O–H groups in total. The number of hydrogen-bond donors (Lipinski definition) is 0. The molecule has 0 unspecified atom stereocenters. The molecular formula is C20H25N5O4S. The molecule has 1 saturated heterocycles. The van der Waals surface area contributed by atoms with E-state index >= 15 is 0 Å². The van der Waals surface area contributed by atoms with Gasteiger partial charge < -0.3 is 9.80 Å². The summed E-state index contributed by atoms with van der Waals surface area (Å²) < 4.78 is 0. The topological polar surface area (TPSA) is 99.9 Å². The molecule has 10 heteroatoms. The smallest absolute Gasteiger partial charge is 0.273 e. The molecule has 0 radical (unpaired) electrons. The van der Waals surface area contributed by atoms with Crippen molar-refractivity contribution in [3.8, 4) is 0 Å². The zero-order chi connectivity index (χ0) is 22.0. The van der Waals surface area contributed by atoms with Crippen LogP contribution in [-0.2, 0) is 6.54 Å². The maximum Gasteiger partial charge on any atom is 0.273 e. The molecule has 1 aromatic heterocycles. The number of rotatable bonds is 5. The minimum Gasteiger partial charge on any atom is -0.344 e. The molecule has 3 rings (SSSR count). The van der Waals surface area contributed by atoms with Crippen molar-refractivity contribution in [1.82, 2.24) is 19.7 Å². The molecule has 0 bridgehead atoms. The Balaban J connectivity index is 1.62. The Kier molecular flexibility index (Phi) is 6.47. The van der Waals surface area contributed by atoms with Crippen LogP contribution in [0, 0.1) is 24.0 Å². The Morgan fingerprint density at radius 1 is 1.20 bits per heavy atom. The number of nitro benzene ring substituents is 1. The van der Waals surface area contributed by atoms with Gasteiger partial charge in [0, 0.05) is 57.5 Å². The second kappa shape index (κ2) is 8.88. The second-order valence-electron chi connectivity index (χ2n) is 7.50. The standard InChI is InChI=1S/C20H25N5O4S/c1-13-15(6-5-7-16(13)25(28)29)19(26)24-10-8-23(9-11-24)12-17-21-14(2)18(30-17)20(27)22(3)4/h5-7H,8-12H2,1-4H3. The number of thiazole rings is 1. The van der Waals surface area contributed by atoms with Gasteiger partial charge in [0.15, 0.2) is 0 Å². The summed E-state index contributed by atoms with van der Waals surface area (Å²) in [5.74, 6) is -0.223. The molecule has 2 heterocycles. The van der Waals surface area contributed by atoms with E-state index < -0.39 is 4.92 Å². The highest BCUT2D eigenvalue weighted by molar-refractivity contribution is 7.13. The molecule has 1 aliphatic rings. The fourth-order valence-corrected chi connectivity index (χ4v) is 4.57. The lowest BCUT2D eigenvalue weighted by atomic mass is 10.1. The number of benzene rings is 1. The highest BCUT2D eigenvalue weighted by Gasteiger charge is 2.26. The van der Waals surface area contributed by atoms with Crippen LogP contribution in [0.3, 0.4) is 0 Å². The van der Waals surface area contributed by atoms with Crippen LogP contribution in [0.1, 0.15) is 36.3 Å². The van der Waals surface area contributed by atoms with Crippen LogP contribution >= 0.6 is 11.3 Å². The number of aryl methyl sites for hydroxylation is 1. The van der Waals surface area contributed by atoms with Gasteiger partial charge in [-0.25, -0.2) is 4.98 Å². The normalized spacial score (nSPS) is 14.6. The van der Waals surface area contributed by atoms with Gasteiger partial charge >= 0.3 is 0 Å². The molecule has 9 nitrogen and oxygen atoms in total. The molecule has 1 aliphatic heterocycles. The van der Waals surface area contributed by atoms with E-state index in [4.69, 9.17) is 0 Å². The van der Waals surface area contributed by atoms with Crippen molar-refractivity contribution in [2.45, 2.75) is 20.4 Å². The van der Waals surface area contributed by atoms with Crippen molar-refractivity contribution in [3.63, 3.8) is 0 Å². The molecule has 0 atom stereocenters. The first kappa shape index (κ1) is 21.8. The third-order valence-electron chi connectivity index (χ3n) is 5.19. The predicted molar refractivity (Wildman–Crippen MR) is 114 cm³/mol. The third kappa shape index (κ3) is 4.49. The van der Waals surface area contributed by atoms with Crippen LogP contribution in [0.15, 0.2) is 18.2 Å². The third-order valence-corrected chi connectivity index (χ3v) is 6.32. The zero-order valence-electron chi connectivity index (χ0n) is 17.5. The van der Waals surface area contributed by atoms with E-state index in [1.807, 2.05) is 6.92 Å². The summed E-state index contributed by atoms with van der Waals surface area (Å²) in [4.78, 5) is 46.4. The predicted octanol–water partition coefficient (Wildman–Crippen LogP) is 2.33.